The van der Waals surface area contributed by atoms with Crippen molar-refractivity contribution in [3.63, 3.8) is 0 Å². The van der Waals surface area contributed by atoms with Gasteiger partial charge in [-0.05, 0) is 12.1 Å². The van der Waals surface area contributed by atoms with Crippen molar-refractivity contribution in [1.82, 2.24) is 5.43 Å². The summed E-state index contributed by atoms with van der Waals surface area (Å²) in [7, 11) is 1.20. The van der Waals surface area contributed by atoms with Crippen molar-refractivity contribution in [2.24, 2.45) is 11.0 Å². The topological polar surface area (TPSA) is 88.1 Å². The Bertz CT molecular complexity index is 626. The van der Waals surface area contributed by atoms with E-state index in [9.17, 15) is 14.4 Å². The molecule has 7 heteroatoms. The van der Waals surface area contributed by atoms with E-state index in [1.165, 1.54) is 7.11 Å². The highest BCUT2D eigenvalue weighted by molar-refractivity contribution is 6.46. The molecule has 2 heterocycles. The molecule has 0 spiro atoms. The molecule has 20 heavy (non-hydrogen) atoms. The molecule has 1 aromatic rings. The Morgan fingerprint density at radius 3 is 2.60 bits per heavy atom. The summed E-state index contributed by atoms with van der Waals surface area (Å²) in [5, 5.41) is 3.74. The van der Waals surface area contributed by atoms with Gasteiger partial charge < -0.3 is 4.74 Å². The molecular formula is C13H11N3O4. The first kappa shape index (κ1) is 12.3. The molecule has 0 bridgehead atoms. The lowest BCUT2D eigenvalue weighted by molar-refractivity contribution is -0.133. The molecule has 2 atom stereocenters. The zero-order valence-electron chi connectivity index (χ0n) is 10.6. The molecular weight excluding hydrogens is 262 g/mol. The van der Waals surface area contributed by atoms with Gasteiger partial charge in [0.2, 0.25) is 5.91 Å². The van der Waals surface area contributed by atoms with Crippen molar-refractivity contribution >= 4 is 29.2 Å². The van der Waals surface area contributed by atoms with Gasteiger partial charge in [0.05, 0.1) is 12.8 Å². The number of ether oxygens (including phenoxy) is 1. The number of imide groups is 1. The van der Waals surface area contributed by atoms with Gasteiger partial charge in [-0.15, -0.1) is 0 Å². The fourth-order valence-corrected chi connectivity index (χ4v) is 2.39. The number of carbonyl (C=O) groups excluding carboxylic acids is 3. The normalized spacial score (nSPS) is 24.2. The van der Waals surface area contributed by atoms with Gasteiger partial charge in [0.1, 0.15) is 12.0 Å². The van der Waals surface area contributed by atoms with Crippen LogP contribution < -0.4 is 10.3 Å². The molecule has 102 valence electrons. The number of fused-ring (bicyclic) bond motifs is 1. The van der Waals surface area contributed by atoms with Crippen molar-refractivity contribution < 1.29 is 19.1 Å². The summed E-state index contributed by atoms with van der Waals surface area (Å²) in [4.78, 5) is 37.3. The van der Waals surface area contributed by atoms with E-state index in [0.717, 1.165) is 4.90 Å². The molecule has 0 aromatic heterocycles. The predicted molar refractivity (Wildman–Crippen MR) is 68.8 cm³/mol. The van der Waals surface area contributed by atoms with Crippen molar-refractivity contribution in [1.29, 1.82) is 0 Å². The van der Waals surface area contributed by atoms with Crippen LogP contribution in [0.4, 0.5) is 5.69 Å². The van der Waals surface area contributed by atoms with Crippen LogP contribution in [0.5, 0.6) is 0 Å². The van der Waals surface area contributed by atoms with E-state index in [-0.39, 0.29) is 5.71 Å². The monoisotopic (exact) mass is 273 g/mol. The van der Waals surface area contributed by atoms with Crippen LogP contribution in [0, 0.1) is 5.92 Å². The fourth-order valence-electron chi connectivity index (χ4n) is 2.39. The molecule has 1 saturated heterocycles. The molecule has 1 N–H and O–H groups in total. The molecule has 1 fully saturated rings. The number of nitrogens with one attached hydrogen (secondary N) is 1. The Labute approximate surface area is 114 Å². The molecule has 0 unspecified atom stereocenters. The van der Waals surface area contributed by atoms with Gasteiger partial charge >= 0.3 is 5.97 Å². The summed E-state index contributed by atoms with van der Waals surface area (Å²) in [6.07, 6.45) is 0. The van der Waals surface area contributed by atoms with Gasteiger partial charge in [-0.25, -0.2) is 9.69 Å². The lowest BCUT2D eigenvalue weighted by atomic mass is 9.99. The highest BCUT2D eigenvalue weighted by Crippen LogP contribution is 2.30. The first-order valence-electron chi connectivity index (χ1n) is 5.99. The highest BCUT2D eigenvalue weighted by atomic mass is 16.5. The van der Waals surface area contributed by atoms with Gasteiger partial charge in [-0.1, -0.05) is 18.2 Å². The summed E-state index contributed by atoms with van der Waals surface area (Å²) < 4.78 is 4.58. The van der Waals surface area contributed by atoms with Crippen molar-refractivity contribution in [2.75, 3.05) is 12.0 Å². The minimum atomic E-state index is -0.921. The quantitative estimate of drug-likeness (QED) is 0.589. The van der Waals surface area contributed by atoms with Gasteiger partial charge in [0.25, 0.3) is 5.91 Å². The number of esters is 1. The average Bonchev–Trinajstić information content (AvgIpc) is 3.01. The predicted octanol–water partition coefficient (Wildman–Crippen LogP) is -0.323. The number of carbonyl (C=O) groups is 3. The zero-order valence-corrected chi connectivity index (χ0v) is 10.6. The Morgan fingerprint density at radius 1 is 1.25 bits per heavy atom. The molecule has 0 radical (unpaired) electrons. The summed E-state index contributed by atoms with van der Waals surface area (Å²) >= 11 is 0. The van der Waals surface area contributed by atoms with E-state index in [4.69, 9.17) is 0 Å². The lowest BCUT2D eigenvalue weighted by Crippen LogP contribution is -2.36. The first-order valence-corrected chi connectivity index (χ1v) is 5.99. The Hall–Kier alpha value is -2.70. The highest BCUT2D eigenvalue weighted by Gasteiger charge is 2.55. The van der Waals surface area contributed by atoms with E-state index in [0.29, 0.717) is 5.69 Å². The second-order valence-corrected chi connectivity index (χ2v) is 4.42. The molecule has 2 amide bonds. The van der Waals surface area contributed by atoms with Crippen LogP contribution in [0.2, 0.25) is 0 Å². The summed E-state index contributed by atoms with van der Waals surface area (Å²) in [6.45, 7) is 0. The molecule has 2 aliphatic rings. The van der Waals surface area contributed by atoms with E-state index < -0.39 is 29.7 Å². The van der Waals surface area contributed by atoms with Gasteiger partial charge in [0.15, 0.2) is 5.71 Å². The Morgan fingerprint density at radius 2 is 1.95 bits per heavy atom. The Balaban J connectivity index is 1.97. The SMILES string of the molecule is COC(=O)C1=NN[C@H]2C(=O)N(c3ccccc3)C(=O)[C@@H]12. The second kappa shape index (κ2) is 4.44. The third kappa shape index (κ3) is 1.59. The zero-order chi connectivity index (χ0) is 14.3. The third-order valence-corrected chi connectivity index (χ3v) is 3.33. The number of hydrogen-bond donors (Lipinski definition) is 1. The standard InChI is InChI=1S/C13H11N3O4/c1-20-13(19)10-8-9(14-15-10)12(18)16(11(8)17)7-5-3-2-4-6-7/h2-6,8-9,14H,1H3/t8-,9-/m1/s1. The maximum Gasteiger partial charge on any atom is 0.355 e. The van der Waals surface area contributed by atoms with Crippen LogP contribution in [0.3, 0.4) is 0 Å². The number of hydrogen-bond acceptors (Lipinski definition) is 6. The van der Waals surface area contributed by atoms with Gasteiger partial charge in [-0.2, -0.15) is 5.10 Å². The molecule has 7 nitrogen and oxygen atoms in total. The number of anilines is 1. The van der Waals surface area contributed by atoms with E-state index in [1.54, 1.807) is 30.3 Å². The fraction of sp³-hybridized carbons (Fsp3) is 0.231. The second-order valence-electron chi connectivity index (χ2n) is 4.42. The summed E-state index contributed by atoms with van der Waals surface area (Å²) in [5.74, 6) is -2.52. The number of rotatable bonds is 2. The van der Waals surface area contributed by atoms with Crippen molar-refractivity contribution in [3.8, 4) is 0 Å². The van der Waals surface area contributed by atoms with Crippen molar-refractivity contribution in [2.45, 2.75) is 6.04 Å². The van der Waals surface area contributed by atoms with E-state index >= 15 is 0 Å². The van der Waals surface area contributed by atoms with Crippen LogP contribution in [0.15, 0.2) is 35.4 Å². The maximum absolute atomic E-state index is 12.4. The Kier molecular flexibility index (Phi) is 2.74. The van der Waals surface area contributed by atoms with Crippen LogP contribution in [-0.4, -0.2) is 36.6 Å². The lowest BCUT2D eigenvalue weighted by Gasteiger charge is -2.15. The average molecular weight is 273 g/mol. The molecule has 3 rings (SSSR count). The first-order chi connectivity index (χ1) is 9.65. The van der Waals surface area contributed by atoms with E-state index in [2.05, 4.69) is 15.3 Å². The third-order valence-electron chi connectivity index (χ3n) is 3.33. The number of nitrogens with zero attached hydrogens (tertiary/aromatic N) is 2. The van der Waals surface area contributed by atoms with E-state index in [1.807, 2.05) is 0 Å². The summed E-state index contributed by atoms with van der Waals surface area (Å²) in [5.41, 5.74) is 2.95. The van der Waals surface area contributed by atoms with Crippen LogP contribution in [0.25, 0.3) is 0 Å². The van der Waals surface area contributed by atoms with Gasteiger partial charge in [-0.3, -0.25) is 15.0 Å². The molecule has 0 saturated carbocycles. The smallest absolute Gasteiger partial charge is 0.355 e. The molecule has 1 aromatic carbocycles. The number of amides is 2. The minimum Gasteiger partial charge on any atom is -0.464 e. The molecule has 0 aliphatic carbocycles. The maximum atomic E-state index is 12.4. The number of para-hydroxylation sites is 1. The number of benzene rings is 1. The summed E-state index contributed by atoms with van der Waals surface area (Å²) in [6, 6.07) is 7.73. The van der Waals surface area contributed by atoms with Gasteiger partial charge in [0, 0.05) is 0 Å². The molecule has 2 aliphatic heterocycles. The number of hydrazone groups is 1. The van der Waals surface area contributed by atoms with Crippen LogP contribution >= 0.6 is 0 Å². The van der Waals surface area contributed by atoms with Crippen LogP contribution in [-0.2, 0) is 19.1 Å². The minimum absolute atomic E-state index is 0.0609. The van der Waals surface area contributed by atoms with Crippen molar-refractivity contribution in [3.05, 3.63) is 30.3 Å². The largest absolute Gasteiger partial charge is 0.464 e. The van der Waals surface area contributed by atoms with Crippen LogP contribution in [0.1, 0.15) is 0 Å². The number of methoxy groups -OCH3 is 1.